The lowest BCUT2D eigenvalue weighted by atomic mass is 9.84. The molecule has 0 aliphatic rings. The Morgan fingerprint density at radius 3 is 2.74 bits per heavy atom. The number of aromatic nitrogens is 3. The fourth-order valence-corrected chi connectivity index (χ4v) is 2.13. The zero-order valence-electron chi connectivity index (χ0n) is 11.9. The Hall–Kier alpha value is -1.62. The number of nitrogens with zero attached hydrogens (tertiary/aromatic N) is 2. The molecule has 5 nitrogen and oxygen atoms in total. The SMILES string of the molecule is COc1ccc2[nH]c(CCC(C)(C)CCN)nc2n1. The Morgan fingerprint density at radius 1 is 1.26 bits per heavy atom. The van der Waals surface area contributed by atoms with Crippen molar-refractivity contribution in [2.24, 2.45) is 11.1 Å². The molecule has 0 radical (unpaired) electrons. The van der Waals surface area contributed by atoms with Gasteiger partial charge in [-0.3, -0.25) is 0 Å². The molecule has 3 N–H and O–H groups in total. The number of rotatable bonds is 6. The minimum absolute atomic E-state index is 0.249. The second kappa shape index (κ2) is 5.57. The number of hydrogen-bond donors (Lipinski definition) is 2. The molecule has 0 aliphatic carbocycles. The molecule has 2 rings (SSSR count). The van der Waals surface area contributed by atoms with Crippen molar-refractivity contribution in [3.05, 3.63) is 18.0 Å². The average molecular weight is 262 g/mol. The summed E-state index contributed by atoms with van der Waals surface area (Å²) in [5, 5.41) is 0. The van der Waals surface area contributed by atoms with E-state index < -0.39 is 0 Å². The molecule has 0 saturated carbocycles. The molecular weight excluding hydrogens is 240 g/mol. The van der Waals surface area contributed by atoms with Crippen LogP contribution in [-0.4, -0.2) is 28.6 Å². The van der Waals surface area contributed by atoms with Gasteiger partial charge in [0.25, 0.3) is 0 Å². The molecule has 0 unspecified atom stereocenters. The van der Waals surface area contributed by atoms with Crippen LogP contribution in [0.2, 0.25) is 0 Å². The molecule has 0 bridgehead atoms. The van der Waals surface area contributed by atoms with E-state index in [2.05, 4.69) is 28.8 Å². The standard InChI is InChI=1S/C14H22N4O/c1-14(2,8-9-15)7-6-11-16-10-4-5-12(19-3)18-13(10)17-11/h4-5H,6-9,15H2,1-3H3,(H,16,17,18). The molecular formula is C14H22N4O. The summed E-state index contributed by atoms with van der Waals surface area (Å²) in [6, 6.07) is 3.78. The summed E-state index contributed by atoms with van der Waals surface area (Å²) in [5.41, 5.74) is 7.54. The molecule has 0 aliphatic heterocycles. The second-order valence-corrected chi connectivity index (χ2v) is 5.61. The number of nitrogens with two attached hydrogens (primary N) is 1. The van der Waals surface area contributed by atoms with Crippen LogP contribution in [0.5, 0.6) is 5.88 Å². The van der Waals surface area contributed by atoms with Crippen molar-refractivity contribution in [1.29, 1.82) is 0 Å². The van der Waals surface area contributed by atoms with E-state index in [0.29, 0.717) is 11.5 Å². The van der Waals surface area contributed by atoms with Gasteiger partial charge in [0.05, 0.1) is 12.6 Å². The summed E-state index contributed by atoms with van der Waals surface area (Å²) in [5.74, 6) is 1.56. The number of nitrogens with one attached hydrogen (secondary N) is 1. The molecule has 104 valence electrons. The van der Waals surface area contributed by atoms with Crippen molar-refractivity contribution in [2.75, 3.05) is 13.7 Å². The molecule has 2 aromatic rings. The fraction of sp³-hybridized carbons (Fsp3) is 0.571. The number of H-pyrrole nitrogens is 1. The first-order valence-electron chi connectivity index (χ1n) is 6.64. The van der Waals surface area contributed by atoms with E-state index in [1.807, 2.05) is 12.1 Å². The third-order valence-electron chi connectivity index (χ3n) is 3.44. The van der Waals surface area contributed by atoms with Crippen molar-refractivity contribution in [2.45, 2.75) is 33.1 Å². The van der Waals surface area contributed by atoms with Crippen LogP contribution >= 0.6 is 0 Å². The summed E-state index contributed by atoms with van der Waals surface area (Å²) in [6.45, 7) is 5.21. The molecule has 2 heterocycles. The first-order chi connectivity index (χ1) is 9.04. The largest absolute Gasteiger partial charge is 0.481 e. The third kappa shape index (κ3) is 3.44. The number of aromatic amines is 1. The number of aryl methyl sites for hydroxylation is 1. The average Bonchev–Trinajstić information content (AvgIpc) is 2.78. The number of hydrogen-bond acceptors (Lipinski definition) is 4. The zero-order chi connectivity index (χ0) is 13.9. The third-order valence-corrected chi connectivity index (χ3v) is 3.44. The van der Waals surface area contributed by atoms with Crippen LogP contribution in [0.15, 0.2) is 12.1 Å². The van der Waals surface area contributed by atoms with Crippen molar-refractivity contribution >= 4 is 11.2 Å². The number of imidazole rings is 1. The highest BCUT2D eigenvalue weighted by Gasteiger charge is 2.17. The van der Waals surface area contributed by atoms with Gasteiger partial charge in [-0.1, -0.05) is 13.8 Å². The first-order valence-corrected chi connectivity index (χ1v) is 6.64. The molecule has 2 aromatic heterocycles. The monoisotopic (exact) mass is 262 g/mol. The van der Waals surface area contributed by atoms with Crippen LogP contribution < -0.4 is 10.5 Å². The Morgan fingerprint density at radius 2 is 2.05 bits per heavy atom. The van der Waals surface area contributed by atoms with E-state index in [4.69, 9.17) is 10.5 Å². The van der Waals surface area contributed by atoms with E-state index in [1.54, 1.807) is 7.11 Å². The van der Waals surface area contributed by atoms with Crippen LogP contribution in [0.3, 0.4) is 0 Å². The highest BCUT2D eigenvalue weighted by atomic mass is 16.5. The van der Waals surface area contributed by atoms with Gasteiger partial charge in [-0.05, 0) is 30.9 Å². The second-order valence-electron chi connectivity index (χ2n) is 5.61. The van der Waals surface area contributed by atoms with Gasteiger partial charge >= 0.3 is 0 Å². The van der Waals surface area contributed by atoms with Gasteiger partial charge in [-0.15, -0.1) is 0 Å². The summed E-state index contributed by atoms with van der Waals surface area (Å²) >= 11 is 0. The van der Waals surface area contributed by atoms with Gasteiger partial charge in [0.2, 0.25) is 5.88 Å². The molecule has 19 heavy (non-hydrogen) atoms. The Kier molecular flexibility index (Phi) is 4.04. The predicted molar refractivity (Wildman–Crippen MR) is 76.2 cm³/mol. The number of methoxy groups -OCH3 is 1. The molecule has 0 spiro atoms. The Bertz CT molecular complexity index is 547. The minimum atomic E-state index is 0.249. The topological polar surface area (TPSA) is 76.8 Å². The molecule has 5 heteroatoms. The Balaban J connectivity index is 2.09. The molecule has 0 saturated heterocycles. The first kappa shape index (κ1) is 13.8. The molecule has 0 amide bonds. The predicted octanol–water partition coefficient (Wildman–Crippen LogP) is 2.27. The maximum atomic E-state index is 5.63. The normalized spacial score (nSPS) is 12.0. The molecule has 0 fully saturated rings. The van der Waals surface area contributed by atoms with Gasteiger partial charge in [-0.25, -0.2) is 4.98 Å². The maximum absolute atomic E-state index is 5.63. The van der Waals surface area contributed by atoms with Crippen molar-refractivity contribution < 1.29 is 4.74 Å². The van der Waals surface area contributed by atoms with E-state index in [9.17, 15) is 0 Å². The quantitative estimate of drug-likeness (QED) is 0.837. The van der Waals surface area contributed by atoms with Gasteiger partial charge in [0.1, 0.15) is 5.82 Å². The van der Waals surface area contributed by atoms with Crippen molar-refractivity contribution in [1.82, 2.24) is 15.0 Å². The van der Waals surface area contributed by atoms with E-state index in [0.717, 1.165) is 37.1 Å². The fourth-order valence-electron chi connectivity index (χ4n) is 2.13. The van der Waals surface area contributed by atoms with E-state index in [1.165, 1.54) is 0 Å². The lowest BCUT2D eigenvalue weighted by molar-refractivity contribution is 0.311. The van der Waals surface area contributed by atoms with Gasteiger partial charge in [-0.2, -0.15) is 4.98 Å². The minimum Gasteiger partial charge on any atom is -0.481 e. The molecule has 0 aromatic carbocycles. The van der Waals surface area contributed by atoms with E-state index in [-0.39, 0.29) is 5.41 Å². The highest BCUT2D eigenvalue weighted by Crippen LogP contribution is 2.26. The number of pyridine rings is 1. The highest BCUT2D eigenvalue weighted by molar-refractivity contribution is 5.71. The summed E-state index contributed by atoms with van der Waals surface area (Å²) < 4.78 is 5.10. The maximum Gasteiger partial charge on any atom is 0.215 e. The summed E-state index contributed by atoms with van der Waals surface area (Å²) in [6.07, 6.45) is 2.99. The van der Waals surface area contributed by atoms with Crippen molar-refractivity contribution in [3.63, 3.8) is 0 Å². The van der Waals surface area contributed by atoms with Crippen LogP contribution in [-0.2, 0) is 6.42 Å². The van der Waals surface area contributed by atoms with Gasteiger partial charge in [0.15, 0.2) is 5.65 Å². The van der Waals surface area contributed by atoms with Crippen LogP contribution in [0.4, 0.5) is 0 Å². The van der Waals surface area contributed by atoms with Gasteiger partial charge < -0.3 is 15.5 Å². The molecule has 0 atom stereocenters. The number of ether oxygens (including phenoxy) is 1. The van der Waals surface area contributed by atoms with Crippen LogP contribution in [0, 0.1) is 5.41 Å². The van der Waals surface area contributed by atoms with Gasteiger partial charge in [0, 0.05) is 12.5 Å². The van der Waals surface area contributed by atoms with Crippen molar-refractivity contribution in [3.8, 4) is 5.88 Å². The van der Waals surface area contributed by atoms with Crippen LogP contribution in [0.1, 0.15) is 32.5 Å². The number of fused-ring (bicyclic) bond motifs is 1. The summed E-state index contributed by atoms with van der Waals surface area (Å²) in [4.78, 5) is 12.1. The van der Waals surface area contributed by atoms with E-state index >= 15 is 0 Å². The lowest BCUT2D eigenvalue weighted by Crippen LogP contribution is -2.18. The zero-order valence-corrected chi connectivity index (χ0v) is 11.9. The summed E-state index contributed by atoms with van der Waals surface area (Å²) in [7, 11) is 1.61. The van der Waals surface area contributed by atoms with Crippen LogP contribution in [0.25, 0.3) is 11.2 Å². The smallest absolute Gasteiger partial charge is 0.215 e. The lowest BCUT2D eigenvalue weighted by Gasteiger charge is -2.22. The Labute approximate surface area is 113 Å².